The Bertz CT molecular complexity index is 238. The van der Waals surface area contributed by atoms with Gasteiger partial charge in [-0.1, -0.05) is 13.8 Å². The molecule has 0 rings (SSSR count). The van der Waals surface area contributed by atoms with E-state index in [0.717, 1.165) is 25.9 Å². The summed E-state index contributed by atoms with van der Waals surface area (Å²) in [6.07, 6.45) is 2.48. The van der Waals surface area contributed by atoms with Crippen LogP contribution in [0.2, 0.25) is 0 Å². The van der Waals surface area contributed by atoms with Gasteiger partial charge in [-0.15, -0.1) is 0 Å². The first-order valence-electron chi connectivity index (χ1n) is 6.25. The fourth-order valence-electron chi connectivity index (χ4n) is 1.60. The largest absolute Gasteiger partial charge is 0.480 e. The van der Waals surface area contributed by atoms with E-state index in [-0.39, 0.29) is 5.91 Å². The number of carboxylic acid groups (broad SMARTS) is 1. The molecule has 0 saturated heterocycles. The molecule has 0 aromatic rings. The fraction of sp³-hybridized carbons (Fsp3) is 0.833. The van der Waals surface area contributed by atoms with Crippen LogP contribution in [0.4, 0.5) is 0 Å². The van der Waals surface area contributed by atoms with Gasteiger partial charge in [0.1, 0.15) is 6.04 Å². The highest BCUT2D eigenvalue weighted by Gasteiger charge is 2.14. The topological polar surface area (TPSA) is 69.6 Å². The maximum absolute atomic E-state index is 11.5. The van der Waals surface area contributed by atoms with Crippen LogP contribution in [-0.4, -0.2) is 47.6 Å². The average molecular weight is 244 g/mol. The third kappa shape index (κ3) is 7.74. The van der Waals surface area contributed by atoms with Gasteiger partial charge in [-0.2, -0.15) is 0 Å². The van der Waals surface area contributed by atoms with Gasteiger partial charge in [-0.3, -0.25) is 9.59 Å². The molecule has 0 fully saturated rings. The second kappa shape index (κ2) is 8.98. The molecule has 17 heavy (non-hydrogen) atoms. The van der Waals surface area contributed by atoms with E-state index in [1.165, 1.54) is 6.92 Å². The Labute approximate surface area is 103 Å². The number of carbonyl (C=O) groups excluding carboxylic acids is 1. The van der Waals surface area contributed by atoms with Crippen LogP contribution >= 0.6 is 0 Å². The lowest BCUT2D eigenvalue weighted by Gasteiger charge is -2.20. The Hall–Kier alpha value is -1.10. The highest BCUT2D eigenvalue weighted by molar-refractivity contribution is 5.83. The third-order valence-electron chi connectivity index (χ3n) is 2.48. The first-order valence-corrected chi connectivity index (χ1v) is 6.25. The van der Waals surface area contributed by atoms with E-state index < -0.39 is 12.0 Å². The summed E-state index contributed by atoms with van der Waals surface area (Å²) in [5, 5.41) is 11.1. The maximum Gasteiger partial charge on any atom is 0.325 e. The Balaban J connectivity index is 3.90. The molecule has 0 aliphatic heterocycles. The summed E-state index contributed by atoms with van der Waals surface area (Å²) >= 11 is 0. The molecule has 0 aromatic heterocycles. The maximum atomic E-state index is 11.5. The number of amides is 1. The molecule has 1 unspecified atom stereocenters. The zero-order valence-electron chi connectivity index (χ0n) is 11.0. The minimum atomic E-state index is -1.00. The van der Waals surface area contributed by atoms with E-state index in [2.05, 4.69) is 24.1 Å². The predicted octanol–water partition coefficient (Wildman–Crippen LogP) is 1.09. The van der Waals surface area contributed by atoms with Crippen molar-refractivity contribution in [2.24, 2.45) is 0 Å². The quantitative estimate of drug-likeness (QED) is 0.637. The van der Waals surface area contributed by atoms with E-state index in [1.807, 2.05) is 0 Å². The number of carbonyl (C=O) groups is 2. The van der Waals surface area contributed by atoms with Crippen molar-refractivity contribution < 1.29 is 14.7 Å². The predicted molar refractivity (Wildman–Crippen MR) is 66.9 cm³/mol. The lowest BCUT2D eigenvalue weighted by Crippen LogP contribution is -2.40. The molecule has 0 saturated carbocycles. The van der Waals surface area contributed by atoms with Crippen LogP contribution in [0, 0.1) is 0 Å². The molecule has 1 atom stereocenters. The zero-order chi connectivity index (χ0) is 13.3. The smallest absolute Gasteiger partial charge is 0.325 e. The molecule has 0 bridgehead atoms. The van der Waals surface area contributed by atoms with Gasteiger partial charge in [0.2, 0.25) is 5.91 Å². The van der Waals surface area contributed by atoms with Gasteiger partial charge in [-0.05, 0) is 32.9 Å². The van der Waals surface area contributed by atoms with Crippen molar-refractivity contribution in [2.45, 2.75) is 46.1 Å². The molecule has 0 spiro atoms. The van der Waals surface area contributed by atoms with Gasteiger partial charge in [0.05, 0.1) is 0 Å². The van der Waals surface area contributed by atoms with Crippen LogP contribution in [0.15, 0.2) is 0 Å². The van der Waals surface area contributed by atoms with E-state index in [1.54, 1.807) is 0 Å². The first kappa shape index (κ1) is 15.9. The number of hydrogen-bond acceptors (Lipinski definition) is 3. The molecule has 100 valence electrons. The highest BCUT2D eigenvalue weighted by Crippen LogP contribution is 1.96. The van der Waals surface area contributed by atoms with Gasteiger partial charge < -0.3 is 15.3 Å². The average Bonchev–Trinajstić information content (AvgIpc) is 2.26. The fourth-order valence-corrected chi connectivity index (χ4v) is 1.60. The molecule has 0 heterocycles. The number of hydrogen-bond donors (Lipinski definition) is 2. The molecule has 0 aliphatic carbocycles. The number of aliphatic carboxylic acids is 1. The van der Waals surface area contributed by atoms with Crippen LogP contribution in [-0.2, 0) is 9.59 Å². The summed E-state index contributed by atoms with van der Waals surface area (Å²) < 4.78 is 0. The van der Waals surface area contributed by atoms with Crippen LogP contribution < -0.4 is 5.32 Å². The van der Waals surface area contributed by atoms with Gasteiger partial charge in [0.15, 0.2) is 0 Å². The Morgan fingerprint density at radius 1 is 1.18 bits per heavy atom. The Morgan fingerprint density at radius 2 is 1.71 bits per heavy atom. The summed E-state index contributed by atoms with van der Waals surface area (Å²) in [5.74, 6) is -1.20. The molecular weight excluding hydrogens is 220 g/mol. The molecule has 2 N–H and O–H groups in total. The van der Waals surface area contributed by atoms with E-state index >= 15 is 0 Å². The van der Waals surface area contributed by atoms with Crippen molar-refractivity contribution in [3.8, 4) is 0 Å². The van der Waals surface area contributed by atoms with Crippen molar-refractivity contribution in [3.05, 3.63) is 0 Å². The molecule has 5 nitrogen and oxygen atoms in total. The van der Waals surface area contributed by atoms with Gasteiger partial charge in [-0.25, -0.2) is 0 Å². The van der Waals surface area contributed by atoms with Crippen LogP contribution in [0.25, 0.3) is 0 Å². The monoisotopic (exact) mass is 244 g/mol. The minimum Gasteiger partial charge on any atom is -0.480 e. The molecule has 0 aliphatic rings. The normalized spacial score (nSPS) is 12.5. The molecule has 5 heteroatoms. The molecule has 0 aromatic carbocycles. The van der Waals surface area contributed by atoms with Crippen molar-refractivity contribution in [2.75, 3.05) is 19.6 Å². The Morgan fingerprint density at radius 3 is 2.12 bits per heavy atom. The van der Waals surface area contributed by atoms with Crippen LogP contribution in [0.5, 0.6) is 0 Å². The molecule has 0 radical (unpaired) electrons. The van der Waals surface area contributed by atoms with Gasteiger partial charge >= 0.3 is 5.97 Å². The summed E-state index contributed by atoms with van der Waals surface area (Å²) in [5.41, 5.74) is 0. The minimum absolute atomic E-state index is 0.197. The SMILES string of the molecule is CCCN(CCC)CCC(=O)NC(C)C(=O)O. The van der Waals surface area contributed by atoms with E-state index in [9.17, 15) is 9.59 Å². The summed E-state index contributed by atoms with van der Waals surface area (Å²) in [6.45, 7) is 8.34. The Kier molecular flexibility index (Phi) is 8.40. The second-order valence-corrected chi connectivity index (χ2v) is 4.22. The summed E-state index contributed by atoms with van der Waals surface area (Å²) in [7, 11) is 0. The third-order valence-corrected chi connectivity index (χ3v) is 2.48. The zero-order valence-corrected chi connectivity index (χ0v) is 11.0. The number of nitrogens with zero attached hydrogens (tertiary/aromatic N) is 1. The molecular formula is C12H24N2O3. The number of carboxylic acids is 1. The number of nitrogens with one attached hydrogen (secondary N) is 1. The molecule has 1 amide bonds. The van der Waals surface area contributed by atoms with Crippen LogP contribution in [0.1, 0.15) is 40.0 Å². The standard InChI is InChI=1S/C12H24N2O3/c1-4-7-14(8-5-2)9-6-11(15)13-10(3)12(16)17/h10H,4-9H2,1-3H3,(H,13,15)(H,16,17). The summed E-state index contributed by atoms with van der Waals surface area (Å²) in [4.78, 5) is 24.2. The summed E-state index contributed by atoms with van der Waals surface area (Å²) in [6, 6.07) is -0.812. The number of rotatable bonds is 9. The lowest BCUT2D eigenvalue weighted by atomic mass is 10.3. The van der Waals surface area contributed by atoms with Crippen molar-refractivity contribution in [1.29, 1.82) is 0 Å². The van der Waals surface area contributed by atoms with E-state index in [4.69, 9.17) is 5.11 Å². The van der Waals surface area contributed by atoms with Crippen molar-refractivity contribution in [3.63, 3.8) is 0 Å². The van der Waals surface area contributed by atoms with Gasteiger partial charge in [0.25, 0.3) is 0 Å². The highest BCUT2D eigenvalue weighted by atomic mass is 16.4. The van der Waals surface area contributed by atoms with Crippen LogP contribution in [0.3, 0.4) is 0 Å². The lowest BCUT2D eigenvalue weighted by molar-refractivity contribution is -0.141. The van der Waals surface area contributed by atoms with E-state index in [0.29, 0.717) is 13.0 Å². The second-order valence-electron chi connectivity index (χ2n) is 4.22. The van der Waals surface area contributed by atoms with Gasteiger partial charge in [0, 0.05) is 13.0 Å². The first-order chi connectivity index (χ1) is 8.01. The van der Waals surface area contributed by atoms with Crippen molar-refractivity contribution in [1.82, 2.24) is 10.2 Å². The van der Waals surface area contributed by atoms with Crippen molar-refractivity contribution >= 4 is 11.9 Å².